The summed E-state index contributed by atoms with van der Waals surface area (Å²) in [6.45, 7) is 4.09. The largest absolute Gasteiger partial charge is 0.464 e. The molecule has 0 radical (unpaired) electrons. The zero-order valence-corrected chi connectivity index (χ0v) is 8.99. The maximum atomic E-state index is 10.5. The number of rotatable bonds is 3. The zero-order chi connectivity index (χ0) is 10.8. The SMILES string of the molecule is Cc1coc2ccc(C(C)CC=O)cc12. The van der Waals surface area contributed by atoms with E-state index >= 15 is 0 Å². The predicted molar refractivity (Wildman–Crippen MR) is 60.0 cm³/mol. The minimum Gasteiger partial charge on any atom is -0.464 e. The number of fused-ring (bicyclic) bond motifs is 1. The van der Waals surface area contributed by atoms with Gasteiger partial charge in [0.1, 0.15) is 11.9 Å². The van der Waals surface area contributed by atoms with Gasteiger partial charge in [-0.1, -0.05) is 13.0 Å². The molecule has 0 fully saturated rings. The number of carbonyl (C=O) groups is 1. The molecule has 1 atom stereocenters. The van der Waals surface area contributed by atoms with Crippen molar-refractivity contribution in [2.45, 2.75) is 26.2 Å². The van der Waals surface area contributed by atoms with Crippen molar-refractivity contribution in [3.8, 4) is 0 Å². The standard InChI is InChI=1S/C13H14O2/c1-9(5-6-14)11-3-4-13-12(7-11)10(2)8-15-13/h3-4,6-9H,5H2,1-2H3. The first-order valence-corrected chi connectivity index (χ1v) is 5.13. The van der Waals surface area contributed by atoms with Crippen molar-refractivity contribution in [3.63, 3.8) is 0 Å². The van der Waals surface area contributed by atoms with Crippen molar-refractivity contribution in [1.29, 1.82) is 0 Å². The highest BCUT2D eigenvalue weighted by atomic mass is 16.3. The normalized spacial score (nSPS) is 12.9. The third kappa shape index (κ3) is 1.80. The Bertz CT molecular complexity index is 482. The minimum absolute atomic E-state index is 0.279. The van der Waals surface area contributed by atoms with Crippen LogP contribution in [0.3, 0.4) is 0 Å². The van der Waals surface area contributed by atoms with E-state index in [9.17, 15) is 4.79 Å². The van der Waals surface area contributed by atoms with Crippen molar-refractivity contribution in [3.05, 3.63) is 35.6 Å². The number of benzene rings is 1. The summed E-state index contributed by atoms with van der Waals surface area (Å²) in [5.74, 6) is 0.279. The lowest BCUT2D eigenvalue weighted by Crippen LogP contribution is -1.93. The third-order valence-electron chi connectivity index (χ3n) is 2.81. The number of hydrogen-bond donors (Lipinski definition) is 0. The molecular formula is C13H14O2. The van der Waals surface area contributed by atoms with E-state index in [0.717, 1.165) is 22.8 Å². The summed E-state index contributed by atoms with van der Waals surface area (Å²) >= 11 is 0. The first-order chi connectivity index (χ1) is 7.22. The van der Waals surface area contributed by atoms with Gasteiger partial charge in [0.05, 0.1) is 6.26 Å². The summed E-state index contributed by atoms with van der Waals surface area (Å²) < 4.78 is 5.37. The Morgan fingerprint density at radius 3 is 3.00 bits per heavy atom. The van der Waals surface area contributed by atoms with Crippen LogP contribution in [0.15, 0.2) is 28.9 Å². The van der Waals surface area contributed by atoms with Crippen molar-refractivity contribution >= 4 is 17.3 Å². The van der Waals surface area contributed by atoms with Gasteiger partial charge in [0.2, 0.25) is 0 Å². The predicted octanol–water partition coefficient (Wildman–Crippen LogP) is 3.43. The quantitative estimate of drug-likeness (QED) is 0.714. The van der Waals surface area contributed by atoms with Gasteiger partial charge >= 0.3 is 0 Å². The van der Waals surface area contributed by atoms with E-state index < -0.39 is 0 Å². The Hall–Kier alpha value is -1.57. The lowest BCUT2D eigenvalue weighted by Gasteiger charge is -2.07. The second-order valence-electron chi connectivity index (χ2n) is 3.98. The molecule has 78 valence electrons. The number of furan rings is 1. The van der Waals surface area contributed by atoms with Crippen molar-refractivity contribution < 1.29 is 9.21 Å². The molecule has 1 aromatic carbocycles. The van der Waals surface area contributed by atoms with Gasteiger partial charge < -0.3 is 9.21 Å². The number of aryl methyl sites for hydroxylation is 1. The van der Waals surface area contributed by atoms with E-state index in [-0.39, 0.29) is 5.92 Å². The molecule has 0 bridgehead atoms. The molecule has 1 unspecified atom stereocenters. The summed E-state index contributed by atoms with van der Waals surface area (Å²) in [4.78, 5) is 10.5. The molecule has 0 aliphatic carbocycles. The molecule has 0 N–H and O–H groups in total. The van der Waals surface area contributed by atoms with Gasteiger partial charge in [-0.25, -0.2) is 0 Å². The second-order valence-corrected chi connectivity index (χ2v) is 3.98. The Labute approximate surface area is 88.9 Å². The molecule has 1 heterocycles. The van der Waals surface area contributed by atoms with Crippen molar-refractivity contribution in [1.82, 2.24) is 0 Å². The van der Waals surface area contributed by atoms with E-state index in [4.69, 9.17) is 4.42 Å². The Morgan fingerprint density at radius 1 is 1.47 bits per heavy atom. The highest BCUT2D eigenvalue weighted by Crippen LogP contribution is 2.26. The third-order valence-corrected chi connectivity index (χ3v) is 2.81. The van der Waals surface area contributed by atoms with Gasteiger partial charge in [0.15, 0.2) is 0 Å². The number of carbonyl (C=O) groups excluding carboxylic acids is 1. The number of hydrogen-bond acceptors (Lipinski definition) is 2. The van der Waals surface area contributed by atoms with E-state index in [1.807, 2.05) is 19.1 Å². The Kier molecular flexibility index (Phi) is 2.58. The molecule has 0 saturated heterocycles. The van der Waals surface area contributed by atoms with Gasteiger partial charge in [0.25, 0.3) is 0 Å². The van der Waals surface area contributed by atoms with E-state index in [1.165, 1.54) is 5.56 Å². The monoisotopic (exact) mass is 202 g/mol. The molecule has 0 aliphatic heterocycles. The van der Waals surface area contributed by atoms with Crippen LogP contribution in [0.5, 0.6) is 0 Å². The molecule has 1 aromatic heterocycles. The Morgan fingerprint density at radius 2 is 2.27 bits per heavy atom. The highest BCUT2D eigenvalue weighted by Gasteiger charge is 2.08. The second kappa shape index (κ2) is 3.89. The first-order valence-electron chi connectivity index (χ1n) is 5.13. The lowest BCUT2D eigenvalue weighted by atomic mass is 9.97. The van der Waals surface area contributed by atoms with Gasteiger partial charge in [-0.2, -0.15) is 0 Å². The molecular weight excluding hydrogens is 188 g/mol. The van der Waals surface area contributed by atoms with Crippen molar-refractivity contribution in [2.24, 2.45) is 0 Å². The lowest BCUT2D eigenvalue weighted by molar-refractivity contribution is -0.108. The zero-order valence-electron chi connectivity index (χ0n) is 8.99. The van der Waals surface area contributed by atoms with E-state index in [1.54, 1.807) is 6.26 Å². The van der Waals surface area contributed by atoms with Crippen LogP contribution in [0.2, 0.25) is 0 Å². The summed E-state index contributed by atoms with van der Waals surface area (Å²) in [5, 5.41) is 1.14. The highest BCUT2D eigenvalue weighted by molar-refractivity contribution is 5.81. The summed E-state index contributed by atoms with van der Waals surface area (Å²) in [6.07, 6.45) is 3.30. The summed E-state index contributed by atoms with van der Waals surface area (Å²) in [7, 11) is 0. The molecule has 15 heavy (non-hydrogen) atoms. The van der Waals surface area contributed by atoms with Crippen molar-refractivity contribution in [2.75, 3.05) is 0 Å². The van der Waals surface area contributed by atoms with E-state index in [2.05, 4.69) is 13.0 Å². The molecule has 2 heteroatoms. The van der Waals surface area contributed by atoms with Crippen LogP contribution in [0.25, 0.3) is 11.0 Å². The van der Waals surface area contributed by atoms with Crippen LogP contribution in [-0.2, 0) is 4.79 Å². The van der Waals surface area contributed by atoms with Crippen LogP contribution in [0.4, 0.5) is 0 Å². The van der Waals surface area contributed by atoms with Gasteiger partial charge in [-0.05, 0) is 36.1 Å². The van der Waals surface area contributed by atoms with E-state index in [0.29, 0.717) is 6.42 Å². The van der Waals surface area contributed by atoms with Crippen LogP contribution in [-0.4, -0.2) is 6.29 Å². The van der Waals surface area contributed by atoms with Crippen LogP contribution < -0.4 is 0 Å². The fourth-order valence-corrected chi connectivity index (χ4v) is 1.76. The molecule has 2 aromatic rings. The molecule has 0 aliphatic rings. The average Bonchev–Trinajstić information content (AvgIpc) is 2.60. The summed E-state index contributed by atoms with van der Waals surface area (Å²) in [6, 6.07) is 6.11. The molecule has 2 nitrogen and oxygen atoms in total. The van der Waals surface area contributed by atoms with Gasteiger partial charge in [-0.15, -0.1) is 0 Å². The molecule has 0 amide bonds. The maximum absolute atomic E-state index is 10.5. The van der Waals surface area contributed by atoms with Crippen LogP contribution in [0.1, 0.15) is 30.4 Å². The van der Waals surface area contributed by atoms with Crippen LogP contribution in [0, 0.1) is 6.92 Å². The Balaban J connectivity index is 2.45. The molecule has 0 saturated carbocycles. The van der Waals surface area contributed by atoms with Gasteiger partial charge in [-0.3, -0.25) is 0 Å². The molecule has 0 spiro atoms. The average molecular weight is 202 g/mol. The number of aldehydes is 1. The fraction of sp³-hybridized carbons (Fsp3) is 0.308. The van der Waals surface area contributed by atoms with Crippen LogP contribution >= 0.6 is 0 Å². The first kappa shape index (κ1) is 9.97. The fourth-order valence-electron chi connectivity index (χ4n) is 1.76. The minimum atomic E-state index is 0.279. The maximum Gasteiger partial charge on any atom is 0.134 e. The molecule has 2 rings (SSSR count). The smallest absolute Gasteiger partial charge is 0.134 e. The topological polar surface area (TPSA) is 30.2 Å². The van der Waals surface area contributed by atoms with Gasteiger partial charge in [0, 0.05) is 11.8 Å². The summed E-state index contributed by atoms with van der Waals surface area (Å²) in [5.41, 5.74) is 3.25.